The Labute approximate surface area is 180 Å². The molecule has 1 atom stereocenters. The van der Waals surface area contributed by atoms with Gasteiger partial charge in [0.05, 0.1) is 0 Å². The summed E-state index contributed by atoms with van der Waals surface area (Å²) in [5.74, 6) is 1.21. The Balaban J connectivity index is 1.40. The zero-order valence-corrected chi connectivity index (χ0v) is 17.6. The first-order valence-corrected chi connectivity index (χ1v) is 10.8. The van der Waals surface area contributed by atoms with Crippen LogP contribution in [0.4, 0.5) is 5.82 Å². The van der Waals surface area contributed by atoms with Gasteiger partial charge in [-0.3, -0.25) is 9.69 Å². The molecule has 30 heavy (non-hydrogen) atoms. The Kier molecular flexibility index (Phi) is 5.05. The molecule has 0 bridgehead atoms. The van der Waals surface area contributed by atoms with Gasteiger partial charge in [0.2, 0.25) is 5.91 Å². The molecule has 1 fully saturated rings. The molecular weight excluding hydrogens is 398 g/mol. The number of carbonyl (C=O) groups excluding carboxylic acids is 1. The lowest BCUT2D eigenvalue weighted by molar-refractivity contribution is -0.117. The first-order chi connectivity index (χ1) is 14.6. The van der Waals surface area contributed by atoms with Crippen LogP contribution in [-0.4, -0.2) is 38.8 Å². The van der Waals surface area contributed by atoms with Gasteiger partial charge in [-0.05, 0) is 53.7 Å². The van der Waals surface area contributed by atoms with E-state index in [0.29, 0.717) is 16.9 Å². The van der Waals surface area contributed by atoms with Crippen LogP contribution in [0.3, 0.4) is 0 Å². The van der Waals surface area contributed by atoms with Gasteiger partial charge >= 0.3 is 0 Å². The van der Waals surface area contributed by atoms with Crippen molar-refractivity contribution in [2.45, 2.75) is 26.3 Å². The van der Waals surface area contributed by atoms with Crippen LogP contribution in [0.25, 0.3) is 16.6 Å². The van der Waals surface area contributed by atoms with E-state index in [4.69, 9.17) is 11.6 Å². The summed E-state index contributed by atoms with van der Waals surface area (Å²) in [6, 6.07) is 7.95. The Bertz CT molecular complexity index is 1120. The third-order valence-corrected chi connectivity index (χ3v) is 6.09. The summed E-state index contributed by atoms with van der Waals surface area (Å²) in [6.45, 7) is 4.91. The quantitative estimate of drug-likeness (QED) is 0.595. The molecule has 4 heterocycles. The molecule has 0 radical (unpaired) electrons. The SMILES string of the molecule is CC1CN(Cc2ccc(Cl)nc2)CC=C1c1cc(NC(=O)C2CC2)nc2[nH]ccc12. The average molecular weight is 422 g/mol. The van der Waals surface area contributed by atoms with Crippen molar-refractivity contribution in [1.29, 1.82) is 0 Å². The number of rotatable bonds is 5. The fourth-order valence-electron chi connectivity index (χ4n) is 4.17. The van der Waals surface area contributed by atoms with Gasteiger partial charge in [0, 0.05) is 43.3 Å². The summed E-state index contributed by atoms with van der Waals surface area (Å²) in [4.78, 5) is 26.6. The van der Waals surface area contributed by atoms with Crippen LogP contribution in [0.1, 0.15) is 30.9 Å². The van der Waals surface area contributed by atoms with Crippen molar-refractivity contribution in [3.8, 4) is 0 Å². The predicted molar refractivity (Wildman–Crippen MR) is 119 cm³/mol. The van der Waals surface area contributed by atoms with Gasteiger partial charge in [0.1, 0.15) is 16.6 Å². The van der Waals surface area contributed by atoms with Crippen molar-refractivity contribution in [3.05, 3.63) is 59.0 Å². The molecular formula is C23H24ClN5O. The van der Waals surface area contributed by atoms with Crippen LogP contribution in [0.2, 0.25) is 5.15 Å². The van der Waals surface area contributed by atoms with Crippen molar-refractivity contribution in [2.24, 2.45) is 11.8 Å². The number of halogens is 1. The second-order valence-electron chi connectivity index (χ2n) is 8.30. The van der Waals surface area contributed by atoms with Crippen LogP contribution in [0, 0.1) is 11.8 Å². The molecule has 1 aliphatic carbocycles. The maximum Gasteiger partial charge on any atom is 0.228 e. The molecule has 154 valence electrons. The van der Waals surface area contributed by atoms with Crippen LogP contribution in [-0.2, 0) is 11.3 Å². The van der Waals surface area contributed by atoms with Crippen LogP contribution >= 0.6 is 11.6 Å². The molecule has 1 amide bonds. The molecule has 2 aliphatic rings. The summed E-state index contributed by atoms with van der Waals surface area (Å²) in [5, 5.41) is 4.61. The molecule has 0 saturated heterocycles. The number of pyridine rings is 2. The fraction of sp³-hybridized carbons (Fsp3) is 0.348. The van der Waals surface area contributed by atoms with E-state index in [9.17, 15) is 4.79 Å². The zero-order chi connectivity index (χ0) is 20.7. The Morgan fingerprint density at radius 1 is 1.33 bits per heavy atom. The summed E-state index contributed by atoms with van der Waals surface area (Å²) in [5.41, 5.74) is 4.41. The maximum absolute atomic E-state index is 12.2. The third kappa shape index (κ3) is 3.98. The van der Waals surface area contributed by atoms with E-state index in [1.807, 2.05) is 30.6 Å². The topological polar surface area (TPSA) is 73.9 Å². The molecule has 1 saturated carbocycles. The van der Waals surface area contributed by atoms with E-state index in [2.05, 4.69) is 44.2 Å². The second-order valence-corrected chi connectivity index (χ2v) is 8.69. The largest absolute Gasteiger partial charge is 0.346 e. The van der Waals surface area contributed by atoms with Crippen LogP contribution in [0.15, 0.2) is 42.7 Å². The van der Waals surface area contributed by atoms with E-state index in [0.717, 1.165) is 54.6 Å². The monoisotopic (exact) mass is 421 g/mol. The van der Waals surface area contributed by atoms with Crippen molar-refractivity contribution in [2.75, 3.05) is 18.4 Å². The number of hydrogen-bond acceptors (Lipinski definition) is 4. The minimum absolute atomic E-state index is 0.0766. The second kappa shape index (κ2) is 7.85. The fourth-order valence-corrected chi connectivity index (χ4v) is 4.28. The lowest BCUT2D eigenvalue weighted by atomic mass is 9.89. The van der Waals surface area contributed by atoms with Crippen molar-refractivity contribution in [1.82, 2.24) is 19.9 Å². The number of anilines is 1. The molecule has 5 rings (SSSR count). The minimum atomic E-state index is 0.0766. The van der Waals surface area contributed by atoms with Gasteiger partial charge in [0.15, 0.2) is 0 Å². The molecule has 1 aliphatic heterocycles. The predicted octanol–water partition coefficient (Wildman–Crippen LogP) is 4.50. The standard InChI is InChI=1S/C23H24ClN5O/c1-14-12-29(13-15-2-5-20(24)26-11-15)9-7-17(14)19-10-21(28-23(30)16-3-4-16)27-22-18(19)6-8-25-22/h2,5-8,10-11,14,16H,3-4,9,12-13H2,1H3,(H2,25,27,28,30). The van der Waals surface area contributed by atoms with E-state index < -0.39 is 0 Å². The maximum atomic E-state index is 12.2. The minimum Gasteiger partial charge on any atom is -0.346 e. The van der Waals surface area contributed by atoms with Crippen LogP contribution in [0.5, 0.6) is 0 Å². The molecule has 7 heteroatoms. The number of H-pyrrole nitrogens is 1. The lowest BCUT2D eigenvalue weighted by Gasteiger charge is -2.31. The van der Waals surface area contributed by atoms with E-state index in [1.54, 1.807) is 0 Å². The van der Waals surface area contributed by atoms with Gasteiger partial charge in [-0.2, -0.15) is 0 Å². The highest BCUT2D eigenvalue weighted by Gasteiger charge is 2.30. The Hall–Kier alpha value is -2.70. The number of fused-ring (bicyclic) bond motifs is 1. The first-order valence-electron chi connectivity index (χ1n) is 10.4. The van der Waals surface area contributed by atoms with Gasteiger partial charge < -0.3 is 10.3 Å². The number of nitrogens with zero attached hydrogens (tertiary/aromatic N) is 3. The number of aromatic amines is 1. The smallest absolute Gasteiger partial charge is 0.228 e. The Morgan fingerprint density at radius 3 is 2.93 bits per heavy atom. The number of hydrogen-bond donors (Lipinski definition) is 2. The highest BCUT2D eigenvalue weighted by atomic mass is 35.5. The van der Waals surface area contributed by atoms with Gasteiger partial charge in [0.25, 0.3) is 0 Å². The normalized spacial score (nSPS) is 19.7. The zero-order valence-electron chi connectivity index (χ0n) is 16.9. The number of amides is 1. The number of carbonyl (C=O) groups is 1. The highest BCUT2D eigenvalue weighted by molar-refractivity contribution is 6.29. The number of aromatic nitrogens is 3. The van der Waals surface area contributed by atoms with E-state index >= 15 is 0 Å². The summed E-state index contributed by atoms with van der Waals surface area (Å²) >= 11 is 5.90. The summed E-state index contributed by atoms with van der Waals surface area (Å²) < 4.78 is 0. The summed E-state index contributed by atoms with van der Waals surface area (Å²) in [6.07, 6.45) is 8.00. The van der Waals surface area contributed by atoms with Gasteiger partial charge in [-0.25, -0.2) is 9.97 Å². The molecule has 6 nitrogen and oxygen atoms in total. The summed E-state index contributed by atoms with van der Waals surface area (Å²) in [7, 11) is 0. The highest BCUT2D eigenvalue weighted by Crippen LogP contribution is 2.35. The van der Waals surface area contributed by atoms with Crippen molar-refractivity contribution >= 4 is 39.9 Å². The Morgan fingerprint density at radius 2 is 2.20 bits per heavy atom. The first kappa shape index (κ1) is 19.3. The molecule has 3 aromatic heterocycles. The third-order valence-electron chi connectivity index (χ3n) is 5.87. The van der Waals surface area contributed by atoms with E-state index in [1.165, 1.54) is 5.57 Å². The molecule has 0 aromatic carbocycles. The van der Waals surface area contributed by atoms with Crippen molar-refractivity contribution < 1.29 is 4.79 Å². The van der Waals surface area contributed by atoms with Gasteiger partial charge in [-0.15, -0.1) is 0 Å². The molecule has 3 aromatic rings. The van der Waals surface area contributed by atoms with E-state index in [-0.39, 0.29) is 11.8 Å². The van der Waals surface area contributed by atoms with Crippen LogP contribution < -0.4 is 5.32 Å². The number of nitrogens with one attached hydrogen (secondary N) is 2. The molecule has 1 unspecified atom stereocenters. The lowest BCUT2D eigenvalue weighted by Crippen LogP contribution is -2.32. The van der Waals surface area contributed by atoms with Crippen molar-refractivity contribution in [3.63, 3.8) is 0 Å². The average Bonchev–Trinajstić information content (AvgIpc) is 3.48. The van der Waals surface area contributed by atoms with Gasteiger partial charge in [-0.1, -0.05) is 30.7 Å². The molecule has 2 N–H and O–H groups in total. The molecule has 0 spiro atoms.